The summed E-state index contributed by atoms with van der Waals surface area (Å²) in [5.41, 5.74) is 2.92. The molecule has 1 aliphatic heterocycles. The minimum atomic E-state index is -0.571. The van der Waals surface area contributed by atoms with Gasteiger partial charge in [-0.05, 0) is 30.3 Å². The van der Waals surface area contributed by atoms with E-state index >= 15 is 0 Å². The normalized spacial score (nSPS) is 12.8. The van der Waals surface area contributed by atoms with Gasteiger partial charge in [0.1, 0.15) is 6.61 Å². The Balaban J connectivity index is 1.38. The SMILES string of the molecule is O=C(OCCN1C(=O)c2ccccc2C1=O)c1cc(-c2ccccc2Cl)nc2ccccc12. The van der Waals surface area contributed by atoms with Crippen LogP contribution in [0.15, 0.2) is 78.9 Å². The molecule has 0 aliphatic carbocycles. The van der Waals surface area contributed by atoms with Crippen molar-refractivity contribution in [1.29, 1.82) is 0 Å². The number of carbonyl (C=O) groups excluding carboxylic acids is 3. The molecule has 0 saturated heterocycles. The van der Waals surface area contributed by atoms with E-state index in [-0.39, 0.29) is 25.0 Å². The molecule has 2 heterocycles. The Morgan fingerprint density at radius 2 is 1.45 bits per heavy atom. The number of hydrogen-bond donors (Lipinski definition) is 0. The lowest BCUT2D eigenvalue weighted by molar-refractivity contribution is 0.0422. The molecule has 0 spiro atoms. The van der Waals surface area contributed by atoms with Crippen molar-refractivity contribution < 1.29 is 19.1 Å². The molecule has 3 aromatic carbocycles. The van der Waals surface area contributed by atoms with Crippen LogP contribution < -0.4 is 0 Å². The fourth-order valence-corrected chi connectivity index (χ4v) is 4.13. The van der Waals surface area contributed by atoms with Crippen LogP contribution >= 0.6 is 11.6 Å². The van der Waals surface area contributed by atoms with Gasteiger partial charge in [0.15, 0.2) is 0 Å². The Labute approximate surface area is 194 Å². The summed E-state index contributed by atoms with van der Waals surface area (Å²) in [5.74, 6) is -1.34. The number of hydrogen-bond acceptors (Lipinski definition) is 5. The minimum Gasteiger partial charge on any atom is -0.460 e. The van der Waals surface area contributed by atoms with Crippen molar-refractivity contribution in [3.63, 3.8) is 0 Å². The topological polar surface area (TPSA) is 76.6 Å². The van der Waals surface area contributed by atoms with Gasteiger partial charge >= 0.3 is 5.97 Å². The molecule has 5 rings (SSSR count). The second-order valence-corrected chi connectivity index (χ2v) is 7.90. The predicted octanol–water partition coefficient (Wildman–Crippen LogP) is 5.01. The molecule has 4 aromatic rings. The molecule has 2 amide bonds. The summed E-state index contributed by atoms with van der Waals surface area (Å²) in [6.45, 7) is -0.152. The number of ether oxygens (including phenoxy) is 1. The number of nitrogens with zero attached hydrogens (tertiary/aromatic N) is 2. The average Bonchev–Trinajstić information content (AvgIpc) is 3.08. The maximum Gasteiger partial charge on any atom is 0.338 e. The van der Waals surface area contributed by atoms with Crippen molar-refractivity contribution in [1.82, 2.24) is 9.88 Å². The molecular weight excluding hydrogens is 440 g/mol. The second kappa shape index (κ2) is 8.48. The Kier molecular flexibility index (Phi) is 5.36. The monoisotopic (exact) mass is 456 g/mol. The highest BCUT2D eigenvalue weighted by Crippen LogP contribution is 2.30. The molecule has 1 aromatic heterocycles. The summed E-state index contributed by atoms with van der Waals surface area (Å²) in [6, 6.07) is 22.8. The van der Waals surface area contributed by atoms with Gasteiger partial charge in [-0.1, -0.05) is 60.1 Å². The Hall–Kier alpha value is -4.03. The van der Waals surface area contributed by atoms with Gasteiger partial charge in [-0.15, -0.1) is 0 Å². The van der Waals surface area contributed by atoms with E-state index in [1.165, 1.54) is 0 Å². The van der Waals surface area contributed by atoms with Crippen molar-refractivity contribution >= 4 is 40.3 Å². The number of rotatable bonds is 5. The van der Waals surface area contributed by atoms with Crippen molar-refractivity contribution in [2.24, 2.45) is 0 Å². The minimum absolute atomic E-state index is 0.0293. The molecular formula is C26H17ClN2O4. The van der Waals surface area contributed by atoms with Crippen LogP contribution in [0, 0.1) is 0 Å². The first kappa shape index (κ1) is 20.8. The third-order valence-corrected chi connectivity index (χ3v) is 5.84. The summed E-state index contributed by atoms with van der Waals surface area (Å²) in [6.07, 6.45) is 0. The van der Waals surface area contributed by atoms with Crippen molar-refractivity contribution in [3.8, 4) is 11.3 Å². The van der Waals surface area contributed by atoms with E-state index in [0.29, 0.717) is 43.9 Å². The van der Waals surface area contributed by atoms with Crippen LogP contribution in [-0.4, -0.2) is 40.8 Å². The van der Waals surface area contributed by atoms with E-state index < -0.39 is 5.97 Å². The van der Waals surface area contributed by atoms with Gasteiger partial charge in [0.2, 0.25) is 0 Å². The van der Waals surface area contributed by atoms with E-state index in [4.69, 9.17) is 16.3 Å². The molecule has 0 unspecified atom stereocenters. The molecule has 0 atom stereocenters. The van der Waals surface area contributed by atoms with Gasteiger partial charge in [0.25, 0.3) is 11.8 Å². The molecule has 162 valence electrons. The van der Waals surface area contributed by atoms with E-state index in [1.54, 1.807) is 42.5 Å². The maximum absolute atomic E-state index is 13.0. The summed E-state index contributed by atoms with van der Waals surface area (Å²) in [4.78, 5) is 43.8. The largest absolute Gasteiger partial charge is 0.460 e. The van der Waals surface area contributed by atoms with E-state index in [9.17, 15) is 14.4 Å². The number of amides is 2. The van der Waals surface area contributed by atoms with Gasteiger partial charge in [-0.25, -0.2) is 9.78 Å². The number of carbonyl (C=O) groups is 3. The summed E-state index contributed by atoms with van der Waals surface area (Å²) in [5, 5.41) is 1.16. The first-order valence-corrected chi connectivity index (χ1v) is 10.7. The Bertz CT molecular complexity index is 1400. The van der Waals surface area contributed by atoms with Gasteiger partial charge in [0, 0.05) is 16.0 Å². The molecule has 7 heteroatoms. The fourth-order valence-electron chi connectivity index (χ4n) is 3.90. The lowest BCUT2D eigenvalue weighted by Crippen LogP contribution is -2.33. The Morgan fingerprint density at radius 3 is 2.15 bits per heavy atom. The zero-order chi connectivity index (χ0) is 22.9. The summed E-state index contributed by atoms with van der Waals surface area (Å²) in [7, 11) is 0. The molecule has 33 heavy (non-hydrogen) atoms. The van der Waals surface area contributed by atoms with Crippen LogP contribution in [0.2, 0.25) is 5.02 Å². The maximum atomic E-state index is 13.0. The fraction of sp³-hybridized carbons (Fsp3) is 0.0769. The number of halogens is 1. The van der Waals surface area contributed by atoms with Crippen LogP contribution in [0.5, 0.6) is 0 Å². The Morgan fingerprint density at radius 1 is 0.848 bits per heavy atom. The number of imide groups is 1. The van der Waals surface area contributed by atoms with Crippen LogP contribution in [0.4, 0.5) is 0 Å². The van der Waals surface area contributed by atoms with E-state index in [2.05, 4.69) is 4.98 Å². The van der Waals surface area contributed by atoms with E-state index in [1.807, 2.05) is 36.4 Å². The second-order valence-electron chi connectivity index (χ2n) is 7.50. The molecule has 0 N–H and O–H groups in total. The number of aromatic nitrogens is 1. The van der Waals surface area contributed by atoms with E-state index in [0.717, 1.165) is 4.90 Å². The highest BCUT2D eigenvalue weighted by Gasteiger charge is 2.34. The molecule has 0 fully saturated rings. The molecule has 6 nitrogen and oxygen atoms in total. The van der Waals surface area contributed by atoms with Crippen LogP contribution in [0.25, 0.3) is 22.2 Å². The van der Waals surface area contributed by atoms with Gasteiger partial charge in [0.05, 0.1) is 34.4 Å². The van der Waals surface area contributed by atoms with Crippen molar-refractivity contribution in [3.05, 3.63) is 101 Å². The van der Waals surface area contributed by atoms with Crippen LogP contribution in [0.1, 0.15) is 31.1 Å². The smallest absolute Gasteiger partial charge is 0.338 e. The molecule has 0 saturated carbocycles. The zero-order valence-corrected chi connectivity index (χ0v) is 18.1. The standard InChI is InChI=1S/C26H17ClN2O4/c27-21-11-5-3-10-19(21)23-15-20(16-7-4-6-12-22(16)28-23)26(32)33-14-13-29-24(30)17-8-1-2-9-18(17)25(29)31/h1-12,15H,13-14H2. The number of esters is 1. The third-order valence-electron chi connectivity index (χ3n) is 5.51. The quantitative estimate of drug-likeness (QED) is 0.312. The zero-order valence-electron chi connectivity index (χ0n) is 17.3. The lowest BCUT2D eigenvalue weighted by atomic mass is 10.0. The summed E-state index contributed by atoms with van der Waals surface area (Å²) < 4.78 is 5.47. The van der Waals surface area contributed by atoms with Gasteiger partial charge in [-0.2, -0.15) is 0 Å². The average molecular weight is 457 g/mol. The number of para-hydroxylation sites is 1. The highest BCUT2D eigenvalue weighted by molar-refractivity contribution is 6.33. The van der Waals surface area contributed by atoms with Crippen LogP contribution in [0.3, 0.4) is 0 Å². The lowest BCUT2D eigenvalue weighted by Gasteiger charge is -2.15. The first-order chi connectivity index (χ1) is 16.0. The van der Waals surface area contributed by atoms with Gasteiger partial charge < -0.3 is 4.74 Å². The number of fused-ring (bicyclic) bond motifs is 2. The highest BCUT2D eigenvalue weighted by atomic mass is 35.5. The predicted molar refractivity (Wildman–Crippen MR) is 124 cm³/mol. The van der Waals surface area contributed by atoms with Crippen molar-refractivity contribution in [2.75, 3.05) is 13.2 Å². The first-order valence-electron chi connectivity index (χ1n) is 10.3. The molecule has 0 radical (unpaired) electrons. The molecule has 0 bridgehead atoms. The summed E-state index contributed by atoms with van der Waals surface area (Å²) >= 11 is 6.34. The van der Waals surface area contributed by atoms with Crippen molar-refractivity contribution in [2.45, 2.75) is 0 Å². The molecule has 1 aliphatic rings. The van der Waals surface area contributed by atoms with Crippen LogP contribution in [-0.2, 0) is 4.74 Å². The van der Waals surface area contributed by atoms with Gasteiger partial charge in [-0.3, -0.25) is 14.5 Å². The number of benzene rings is 3. The number of pyridine rings is 1. The third kappa shape index (κ3) is 3.75.